The van der Waals surface area contributed by atoms with Crippen LogP contribution >= 0.6 is 0 Å². The molecule has 132 valence electrons. The average Bonchev–Trinajstić information content (AvgIpc) is 2.57. The summed E-state index contributed by atoms with van der Waals surface area (Å²) < 4.78 is 0. The lowest BCUT2D eigenvalue weighted by Crippen LogP contribution is -2.34. The first kappa shape index (κ1) is 17.4. The summed E-state index contributed by atoms with van der Waals surface area (Å²) in [7, 11) is 0. The molecule has 5 heteroatoms. The largest absolute Gasteiger partial charge is 0.356 e. The van der Waals surface area contributed by atoms with Crippen molar-refractivity contribution in [3.05, 3.63) is 46.9 Å². The lowest BCUT2D eigenvalue weighted by atomic mass is 9.99. The maximum atomic E-state index is 12.7. The fourth-order valence-electron chi connectivity index (χ4n) is 3.21. The molecule has 1 N–H and O–H groups in total. The van der Waals surface area contributed by atoms with E-state index in [-0.39, 0.29) is 5.91 Å². The molecule has 0 atom stereocenters. The molecule has 1 amide bonds. The number of aryl methyl sites for hydroxylation is 3. The highest BCUT2D eigenvalue weighted by Gasteiger charge is 2.19. The van der Waals surface area contributed by atoms with E-state index in [1.54, 1.807) is 0 Å². The first-order valence-corrected chi connectivity index (χ1v) is 8.91. The van der Waals surface area contributed by atoms with Crippen molar-refractivity contribution in [3.8, 4) is 0 Å². The Hall–Kier alpha value is -2.43. The van der Waals surface area contributed by atoms with E-state index in [2.05, 4.69) is 33.2 Å². The minimum absolute atomic E-state index is 0.191. The summed E-state index contributed by atoms with van der Waals surface area (Å²) in [6, 6.07) is 7.79. The molecule has 0 aliphatic carbocycles. The van der Waals surface area contributed by atoms with Crippen LogP contribution in [-0.2, 0) is 0 Å². The smallest absolute Gasteiger partial charge is 0.274 e. The summed E-state index contributed by atoms with van der Waals surface area (Å²) in [4.78, 5) is 23.8. The van der Waals surface area contributed by atoms with Gasteiger partial charge in [0.25, 0.3) is 5.91 Å². The van der Waals surface area contributed by atoms with Crippen LogP contribution < -0.4 is 10.2 Å². The number of anilines is 2. The van der Waals surface area contributed by atoms with Gasteiger partial charge in [0, 0.05) is 24.8 Å². The van der Waals surface area contributed by atoms with Crippen LogP contribution in [0, 0.1) is 26.7 Å². The van der Waals surface area contributed by atoms with Gasteiger partial charge in [-0.25, -0.2) is 9.97 Å². The summed E-state index contributed by atoms with van der Waals surface area (Å²) >= 11 is 0. The number of nitrogens with one attached hydrogen (secondary N) is 1. The molecule has 1 saturated heterocycles. The van der Waals surface area contributed by atoms with E-state index in [1.165, 1.54) is 5.56 Å². The van der Waals surface area contributed by atoms with E-state index in [1.807, 2.05) is 39.0 Å². The molecule has 0 spiro atoms. The van der Waals surface area contributed by atoms with Gasteiger partial charge in [0.1, 0.15) is 17.3 Å². The van der Waals surface area contributed by atoms with Crippen molar-refractivity contribution >= 4 is 17.4 Å². The van der Waals surface area contributed by atoms with Crippen molar-refractivity contribution in [1.29, 1.82) is 0 Å². The van der Waals surface area contributed by atoms with E-state index in [0.717, 1.165) is 48.9 Å². The van der Waals surface area contributed by atoms with Gasteiger partial charge in [-0.05, 0) is 51.2 Å². The minimum atomic E-state index is -0.191. The highest BCUT2D eigenvalue weighted by atomic mass is 16.1. The van der Waals surface area contributed by atoms with Crippen LogP contribution in [0.1, 0.15) is 47.2 Å². The van der Waals surface area contributed by atoms with Gasteiger partial charge < -0.3 is 10.2 Å². The van der Waals surface area contributed by atoms with Crippen molar-refractivity contribution in [2.24, 2.45) is 5.92 Å². The fraction of sp³-hybridized carbons (Fsp3) is 0.450. The van der Waals surface area contributed by atoms with Gasteiger partial charge in [0.15, 0.2) is 0 Å². The highest BCUT2D eigenvalue weighted by molar-refractivity contribution is 6.03. The third-order valence-electron chi connectivity index (χ3n) is 4.79. The first-order valence-electron chi connectivity index (χ1n) is 8.91. The molecule has 5 nitrogen and oxygen atoms in total. The predicted molar refractivity (Wildman–Crippen MR) is 101 cm³/mol. The van der Waals surface area contributed by atoms with E-state index >= 15 is 0 Å². The van der Waals surface area contributed by atoms with Gasteiger partial charge >= 0.3 is 0 Å². The van der Waals surface area contributed by atoms with Crippen molar-refractivity contribution < 1.29 is 4.79 Å². The number of piperidine rings is 1. The van der Waals surface area contributed by atoms with Crippen LogP contribution in [0.2, 0.25) is 0 Å². The number of carbonyl (C=O) groups is 1. The molecule has 1 aliphatic rings. The molecule has 1 aromatic carbocycles. The summed E-state index contributed by atoms with van der Waals surface area (Å²) in [5.41, 5.74) is 3.46. The maximum Gasteiger partial charge on any atom is 0.274 e. The molecular weight excluding hydrogens is 312 g/mol. The van der Waals surface area contributed by atoms with Crippen LogP contribution in [0.25, 0.3) is 0 Å². The Kier molecular flexibility index (Phi) is 5.02. The average molecular weight is 338 g/mol. The maximum absolute atomic E-state index is 12.7. The van der Waals surface area contributed by atoms with Crippen molar-refractivity contribution in [3.63, 3.8) is 0 Å². The van der Waals surface area contributed by atoms with Crippen LogP contribution in [0.15, 0.2) is 24.3 Å². The lowest BCUT2D eigenvalue weighted by Gasteiger charge is -2.31. The quantitative estimate of drug-likeness (QED) is 0.922. The Morgan fingerprint density at radius 1 is 1.12 bits per heavy atom. The zero-order valence-corrected chi connectivity index (χ0v) is 15.5. The van der Waals surface area contributed by atoms with Gasteiger partial charge in [0.2, 0.25) is 0 Å². The normalized spacial score (nSPS) is 15.3. The zero-order chi connectivity index (χ0) is 18.0. The van der Waals surface area contributed by atoms with Gasteiger partial charge in [0.05, 0.1) is 0 Å². The van der Waals surface area contributed by atoms with Crippen LogP contribution in [0.5, 0.6) is 0 Å². The Balaban J connectivity index is 1.80. The van der Waals surface area contributed by atoms with Gasteiger partial charge in [-0.1, -0.05) is 24.6 Å². The zero-order valence-electron chi connectivity index (χ0n) is 15.5. The van der Waals surface area contributed by atoms with E-state index < -0.39 is 0 Å². The topological polar surface area (TPSA) is 58.1 Å². The molecule has 1 aliphatic heterocycles. The van der Waals surface area contributed by atoms with Crippen molar-refractivity contribution in [2.45, 2.75) is 40.5 Å². The molecule has 0 bridgehead atoms. The first-order chi connectivity index (χ1) is 11.9. The third kappa shape index (κ3) is 4.16. The monoisotopic (exact) mass is 338 g/mol. The molecule has 1 fully saturated rings. The molecule has 0 radical (unpaired) electrons. The summed E-state index contributed by atoms with van der Waals surface area (Å²) in [6.45, 7) is 10.1. The summed E-state index contributed by atoms with van der Waals surface area (Å²) in [5.74, 6) is 2.04. The molecule has 2 aromatic rings. The van der Waals surface area contributed by atoms with E-state index in [0.29, 0.717) is 11.5 Å². The number of benzene rings is 1. The molecule has 2 heterocycles. The highest BCUT2D eigenvalue weighted by Crippen LogP contribution is 2.23. The second kappa shape index (κ2) is 7.21. The van der Waals surface area contributed by atoms with E-state index in [9.17, 15) is 4.79 Å². The Morgan fingerprint density at radius 2 is 1.84 bits per heavy atom. The molecular formula is C20H26N4O. The van der Waals surface area contributed by atoms with Crippen LogP contribution in [0.4, 0.5) is 11.5 Å². The number of amides is 1. The minimum Gasteiger partial charge on any atom is -0.356 e. The molecule has 25 heavy (non-hydrogen) atoms. The number of aromatic nitrogens is 2. The van der Waals surface area contributed by atoms with Crippen LogP contribution in [0.3, 0.4) is 0 Å². The summed E-state index contributed by atoms with van der Waals surface area (Å²) in [6.07, 6.45) is 2.32. The standard InChI is InChI=1S/C20H26N4O/c1-13-7-9-24(10-8-13)19-12-18(21-16(4)22-19)20(25)23-17-6-5-14(2)11-15(17)3/h5-6,11-13H,7-10H2,1-4H3,(H,23,25). The van der Waals surface area contributed by atoms with Gasteiger partial charge in [-0.3, -0.25) is 4.79 Å². The van der Waals surface area contributed by atoms with Crippen LogP contribution in [-0.4, -0.2) is 29.0 Å². The fourth-order valence-corrected chi connectivity index (χ4v) is 3.21. The SMILES string of the molecule is Cc1ccc(NC(=O)c2cc(N3CCC(C)CC3)nc(C)n2)c(C)c1. The summed E-state index contributed by atoms with van der Waals surface area (Å²) in [5, 5.41) is 2.97. The number of carbonyl (C=O) groups excluding carboxylic acids is 1. The lowest BCUT2D eigenvalue weighted by molar-refractivity contribution is 0.102. The Labute approximate surface area is 149 Å². The predicted octanol–water partition coefficient (Wildman–Crippen LogP) is 3.89. The molecule has 0 unspecified atom stereocenters. The third-order valence-corrected chi connectivity index (χ3v) is 4.79. The number of hydrogen-bond acceptors (Lipinski definition) is 4. The second-order valence-corrected chi connectivity index (χ2v) is 7.10. The molecule has 3 rings (SSSR count). The molecule has 1 aromatic heterocycles. The number of hydrogen-bond donors (Lipinski definition) is 1. The second-order valence-electron chi connectivity index (χ2n) is 7.10. The van der Waals surface area contributed by atoms with Crippen molar-refractivity contribution in [2.75, 3.05) is 23.3 Å². The van der Waals surface area contributed by atoms with Crippen molar-refractivity contribution in [1.82, 2.24) is 9.97 Å². The van der Waals surface area contributed by atoms with Gasteiger partial charge in [-0.2, -0.15) is 0 Å². The van der Waals surface area contributed by atoms with Gasteiger partial charge in [-0.15, -0.1) is 0 Å². The Morgan fingerprint density at radius 3 is 2.52 bits per heavy atom. The van der Waals surface area contributed by atoms with E-state index in [4.69, 9.17) is 0 Å². The Bertz CT molecular complexity index is 779. The number of nitrogens with zero attached hydrogens (tertiary/aromatic N) is 3. The molecule has 0 saturated carbocycles. The number of rotatable bonds is 3.